The molecule has 0 fully saturated rings. The molecular weight excluding hydrogens is 327 g/mol. The van der Waals surface area contributed by atoms with Gasteiger partial charge in [0.15, 0.2) is 0 Å². The predicted octanol–water partition coefficient (Wildman–Crippen LogP) is 5.21. The van der Waals surface area contributed by atoms with Crippen molar-refractivity contribution in [2.75, 3.05) is 0 Å². The minimum Gasteiger partial charge on any atom is -0.337 e. The highest BCUT2D eigenvalue weighted by atomic mass is 35.5. The van der Waals surface area contributed by atoms with Crippen LogP contribution in [0.25, 0.3) is 0 Å². The van der Waals surface area contributed by atoms with E-state index in [0.717, 1.165) is 18.0 Å². The molecule has 2 aliphatic rings. The van der Waals surface area contributed by atoms with Crippen molar-refractivity contribution in [1.82, 2.24) is 9.55 Å². The lowest BCUT2D eigenvalue weighted by molar-refractivity contribution is 0.226. The monoisotopic (exact) mass is 350 g/mol. The summed E-state index contributed by atoms with van der Waals surface area (Å²) >= 11 is 6.61. The lowest BCUT2D eigenvalue weighted by Crippen LogP contribution is -2.39. The third kappa shape index (κ3) is 2.81. The Kier molecular flexibility index (Phi) is 4.75. The minimum atomic E-state index is 0. The zero-order chi connectivity index (χ0) is 15.2. The van der Waals surface area contributed by atoms with Crippen LogP contribution in [0.15, 0.2) is 30.9 Å². The van der Waals surface area contributed by atoms with Crippen LogP contribution < -0.4 is 0 Å². The largest absolute Gasteiger partial charge is 0.337 e. The average molecular weight is 351 g/mol. The molecule has 0 unspecified atom stereocenters. The number of imidazole rings is 1. The first kappa shape index (κ1) is 16.9. The van der Waals surface area contributed by atoms with Crippen molar-refractivity contribution in [3.63, 3.8) is 0 Å². The molecule has 0 amide bonds. The molecule has 1 heterocycles. The number of halogens is 2. The number of benzene rings is 1. The van der Waals surface area contributed by atoms with E-state index >= 15 is 0 Å². The molecule has 124 valence electrons. The fourth-order valence-corrected chi connectivity index (χ4v) is 5.15. The summed E-state index contributed by atoms with van der Waals surface area (Å²) in [5.74, 6) is 0.660. The van der Waals surface area contributed by atoms with E-state index in [1.54, 1.807) is 11.1 Å². The van der Waals surface area contributed by atoms with Crippen molar-refractivity contribution in [2.45, 2.75) is 57.4 Å². The molecule has 0 N–H and O–H groups in total. The van der Waals surface area contributed by atoms with Gasteiger partial charge in [0.2, 0.25) is 0 Å². The standard InChI is InChI=1S/C19H23ClN2.ClH/c1-2-19-7-3-4-15-5-6-17(20)16(18(15)19)10-14(11-19)12-22-9-8-21-13-22;/h5-6,8-9,13-14H,2-4,7,10-12H2,1H3;1H/t14-,19+;/m1./s1. The van der Waals surface area contributed by atoms with Crippen molar-refractivity contribution < 1.29 is 0 Å². The Balaban J connectivity index is 0.00000156. The van der Waals surface area contributed by atoms with Gasteiger partial charge in [0, 0.05) is 24.0 Å². The summed E-state index contributed by atoms with van der Waals surface area (Å²) < 4.78 is 2.22. The van der Waals surface area contributed by atoms with Crippen molar-refractivity contribution in [3.8, 4) is 0 Å². The van der Waals surface area contributed by atoms with Crippen LogP contribution >= 0.6 is 24.0 Å². The van der Waals surface area contributed by atoms with E-state index in [0.29, 0.717) is 11.3 Å². The summed E-state index contributed by atoms with van der Waals surface area (Å²) in [4.78, 5) is 4.19. The molecule has 2 aliphatic carbocycles. The normalized spacial score (nSPS) is 25.6. The molecule has 0 saturated heterocycles. The lowest BCUT2D eigenvalue weighted by atomic mass is 9.59. The highest BCUT2D eigenvalue weighted by Gasteiger charge is 2.42. The molecule has 2 aromatic rings. The Bertz CT molecular complexity index is 681. The second-order valence-electron chi connectivity index (χ2n) is 7.08. The first-order valence-corrected chi connectivity index (χ1v) is 8.86. The maximum atomic E-state index is 6.61. The van der Waals surface area contributed by atoms with E-state index in [4.69, 9.17) is 11.6 Å². The molecule has 0 spiro atoms. The zero-order valence-electron chi connectivity index (χ0n) is 13.6. The number of nitrogens with zero attached hydrogens (tertiary/aromatic N) is 2. The topological polar surface area (TPSA) is 17.8 Å². The van der Waals surface area contributed by atoms with Crippen LogP contribution in [0.3, 0.4) is 0 Å². The van der Waals surface area contributed by atoms with Gasteiger partial charge in [-0.25, -0.2) is 4.98 Å². The van der Waals surface area contributed by atoms with Gasteiger partial charge < -0.3 is 4.57 Å². The summed E-state index contributed by atoms with van der Waals surface area (Å²) in [6.45, 7) is 3.42. The molecular formula is C19H24Cl2N2. The number of rotatable bonds is 3. The molecule has 1 aromatic heterocycles. The zero-order valence-corrected chi connectivity index (χ0v) is 15.2. The van der Waals surface area contributed by atoms with E-state index < -0.39 is 0 Å². The van der Waals surface area contributed by atoms with E-state index in [9.17, 15) is 0 Å². The molecule has 1 aromatic carbocycles. The Hall–Kier alpha value is -0.990. The van der Waals surface area contributed by atoms with Crippen molar-refractivity contribution in [1.29, 1.82) is 0 Å². The van der Waals surface area contributed by atoms with Gasteiger partial charge >= 0.3 is 0 Å². The fourth-order valence-electron chi connectivity index (χ4n) is 4.92. The lowest BCUT2D eigenvalue weighted by Gasteiger charge is -2.46. The third-order valence-electron chi connectivity index (χ3n) is 5.85. The highest BCUT2D eigenvalue weighted by molar-refractivity contribution is 6.31. The number of aromatic nitrogens is 2. The average Bonchev–Trinajstić information content (AvgIpc) is 3.03. The number of aryl methyl sites for hydroxylation is 1. The molecule has 2 atom stereocenters. The van der Waals surface area contributed by atoms with E-state index in [-0.39, 0.29) is 12.4 Å². The fraction of sp³-hybridized carbons (Fsp3) is 0.526. The van der Waals surface area contributed by atoms with Gasteiger partial charge in [0.1, 0.15) is 0 Å². The Morgan fingerprint density at radius 2 is 2.26 bits per heavy atom. The SMILES string of the molecule is CC[C@@]12CCCc3ccc(Cl)c(c31)C[C@@H](Cn1ccnc1)C2.Cl. The molecule has 0 saturated carbocycles. The van der Waals surface area contributed by atoms with Gasteiger partial charge in [-0.2, -0.15) is 0 Å². The summed E-state index contributed by atoms with van der Waals surface area (Å²) in [5.41, 5.74) is 4.98. The molecule has 0 radical (unpaired) electrons. The van der Waals surface area contributed by atoms with Crippen LogP contribution in [0.2, 0.25) is 5.02 Å². The summed E-state index contributed by atoms with van der Waals surface area (Å²) in [7, 11) is 0. The third-order valence-corrected chi connectivity index (χ3v) is 6.21. The Morgan fingerprint density at radius 1 is 1.39 bits per heavy atom. The van der Waals surface area contributed by atoms with Gasteiger partial charge in [-0.05, 0) is 72.6 Å². The Morgan fingerprint density at radius 3 is 3.00 bits per heavy atom. The smallest absolute Gasteiger partial charge is 0.0945 e. The molecule has 2 nitrogen and oxygen atoms in total. The van der Waals surface area contributed by atoms with Gasteiger partial charge in [0.25, 0.3) is 0 Å². The second kappa shape index (κ2) is 6.49. The first-order valence-electron chi connectivity index (χ1n) is 8.48. The molecule has 4 rings (SSSR count). The predicted molar refractivity (Wildman–Crippen MR) is 97.6 cm³/mol. The van der Waals surface area contributed by atoms with Gasteiger partial charge in [-0.3, -0.25) is 0 Å². The van der Waals surface area contributed by atoms with E-state index in [1.807, 2.05) is 12.5 Å². The van der Waals surface area contributed by atoms with Crippen LogP contribution in [-0.2, 0) is 24.8 Å². The van der Waals surface area contributed by atoms with Gasteiger partial charge in [-0.1, -0.05) is 24.6 Å². The van der Waals surface area contributed by atoms with Gasteiger partial charge in [-0.15, -0.1) is 12.4 Å². The maximum Gasteiger partial charge on any atom is 0.0945 e. The molecule has 23 heavy (non-hydrogen) atoms. The molecule has 0 bridgehead atoms. The first-order chi connectivity index (χ1) is 10.7. The van der Waals surface area contributed by atoms with Crippen molar-refractivity contribution in [3.05, 3.63) is 52.6 Å². The summed E-state index contributed by atoms with van der Waals surface area (Å²) in [6.07, 6.45) is 13.4. The molecule has 4 heteroatoms. The quantitative estimate of drug-likeness (QED) is 0.743. The van der Waals surface area contributed by atoms with Crippen LogP contribution in [0.5, 0.6) is 0 Å². The number of hydrogen-bond donors (Lipinski definition) is 0. The minimum absolute atomic E-state index is 0. The Labute approximate surface area is 149 Å². The van der Waals surface area contributed by atoms with Crippen LogP contribution in [0.4, 0.5) is 0 Å². The summed E-state index contributed by atoms with van der Waals surface area (Å²) in [6, 6.07) is 4.40. The van der Waals surface area contributed by atoms with E-state index in [2.05, 4.69) is 34.8 Å². The highest BCUT2D eigenvalue weighted by Crippen LogP contribution is 2.51. The van der Waals surface area contributed by atoms with Gasteiger partial charge in [0.05, 0.1) is 6.33 Å². The van der Waals surface area contributed by atoms with Crippen LogP contribution in [0, 0.1) is 5.92 Å². The maximum absolute atomic E-state index is 6.61. The second-order valence-corrected chi connectivity index (χ2v) is 7.49. The van der Waals surface area contributed by atoms with Crippen LogP contribution in [-0.4, -0.2) is 9.55 Å². The van der Waals surface area contributed by atoms with Crippen molar-refractivity contribution >= 4 is 24.0 Å². The number of hydrogen-bond acceptors (Lipinski definition) is 1. The van der Waals surface area contributed by atoms with Crippen LogP contribution in [0.1, 0.15) is 49.3 Å². The van der Waals surface area contributed by atoms with E-state index in [1.165, 1.54) is 37.7 Å². The summed E-state index contributed by atoms with van der Waals surface area (Å²) in [5, 5.41) is 0.980. The van der Waals surface area contributed by atoms with Crippen molar-refractivity contribution in [2.24, 2.45) is 5.92 Å². The molecule has 0 aliphatic heterocycles.